The maximum absolute atomic E-state index is 10.4. The van der Waals surface area contributed by atoms with Crippen LogP contribution >= 0.6 is 11.3 Å². The Morgan fingerprint density at radius 3 is 3.18 bits per heavy atom. The minimum atomic E-state index is -0.925. The van der Waals surface area contributed by atoms with E-state index in [0.717, 1.165) is 22.6 Å². The Bertz CT molecular complexity index is 428. The van der Waals surface area contributed by atoms with Crippen LogP contribution in [0.2, 0.25) is 0 Å². The van der Waals surface area contributed by atoms with Crippen LogP contribution in [0.3, 0.4) is 0 Å². The van der Waals surface area contributed by atoms with Gasteiger partial charge in [-0.3, -0.25) is 0 Å². The van der Waals surface area contributed by atoms with Gasteiger partial charge in [-0.05, 0) is 32.3 Å². The van der Waals surface area contributed by atoms with Crippen molar-refractivity contribution in [3.8, 4) is 0 Å². The largest absolute Gasteiger partial charge is 0.478 e. The zero-order chi connectivity index (χ0) is 12.3. The second-order valence-electron chi connectivity index (χ2n) is 4.25. The Hall–Kier alpha value is -1.36. The lowest BCUT2D eigenvalue weighted by atomic mass is 10.1. The molecule has 0 aliphatic carbocycles. The van der Waals surface area contributed by atoms with Gasteiger partial charge in [-0.1, -0.05) is 11.3 Å². The summed E-state index contributed by atoms with van der Waals surface area (Å²) in [5.74, 6) is -0.925. The summed E-state index contributed by atoms with van der Waals surface area (Å²) in [7, 11) is 0. The zero-order valence-electron chi connectivity index (χ0n) is 9.80. The molecule has 2 rings (SSSR count). The zero-order valence-corrected chi connectivity index (χ0v) is 10.6. The first-order valence-electron chi connectivity index (χ1n) is 5.80. The molecule has 92 valence electrons. The molecule has 4 nitrogen and oxygen atoms in total. The predicted octanol–water partition coefficient (Wildman–Crippen LogP) is 2.62. The van der Waals surface area contributed by atoms with Gasteiger partial charge >= 0.3 is 5.97 Å². The van der Waals surface area contributed by atoms with E-state index in [-0.39, 0.29) is 0 Å². The fraction of sp³-hybridized carbons (Fsp3) is 0.500. The van der Waals surface area contributed by atoms with E-state index >= 15 is 0 Å². The number of carboxylic acid groups (broad SMARTS) is 1. The molecule has 0 amide bonds. The van der Waals surface area contributed by atoms with Gasteiger partial charge in [0.15, 0.2) is 5.13 Å². The molecular formula is C12H16N2O2S. The fourth-order valence-corrected chi connectivity index (χ4v) is 2.97. The number of hydrogen-bond donors (Lipinski definition) is 1. The van der Waals surface area contributed by atoms with Crippen molar-refractivity contribution in [1.29, 1.82) is 0 Å². The molecule has 1 fully saturated rings. The lowest BCUT2D eigenvalue weighted by Gasteiger charge is -2.32. The summed E-state index contributed by atoms with van der Waals surface area (Å²) in [6, 6.07) is 0.534. The smallest absolute Gasteiger partial charge is 0.328 e. The van der Waals surface area contributed by atoms with Crippen LogP contribution in [0.25, 0.3) is 6.08 Å². The van der Waals surface area contributed by atoms with Crippen molar-refractivity contribution in [3.05, 3.63) is 17.2 Å². The molecule has 0 spiro atoms. The highest BCUT2D eigenvalue weighted by Gasteiger charge is 2.20. The van der Waals surface area contributed by atoms with Crippen LogP contribution in [0.1, 0.15) is 31.1 Å². The number of anilines is 1. The molecule has 0 saturated carbocycles. The van der Waals surface area contributed by atoms with E-state index in [0.29, 0.717) is 6.04 Å². The van der Waals surface area contributed by atoms with E-state index in [2.05, 4.69) is 16.8 Å². The molecule has 5 heteroatoms. The first-order valence-corrected chi connectivity index (χ1v) is 6.62. The quantitative estimate of drug-likeness (QED) is 0.840. The van der Waals surface area contributed by atoms with Crippen molar-refractivity contribution in [2.45, 2.75) is 32.2 Å². The Labute approximate surface area is 105 Å². The van der Waals surface area contributed by atoms with Gasteiger partial charge in [0.2, 0.25) is 0 Å². The van der Waals surface area contributed by atoms with Crippen molar-refractivity contribution in [2.75, 3.05) is 11.4 Å². The Kier molecular flexibility index (Phi) is 3.78. The van der Waals surface area contributed by atoms with Crippen molar-refractivity contribution in [1.82, 2.24) is 4.98 Å². The summed E-state index contributed by atoms with van der Waals surface area (Å²) >= 11 is 1.55. The van der Waals surface area contributed by atoms with Crippen LogP contribution in [0, 0.1) is 0 Å². The van der Waals surface area contributed by atoms with Crippen LogP contribution in [0.4, 0.5) is 5.13 Å². The first-order chi connectivity index (χ1) is 8.16. The van der Waals surface area contributed by atoms with E-state index in [1.165, 1.54) is 19.3 Å². The number of nitrogens with zero attached hydrogens (tertiary/aromatic N) is 2. The van der Waals surface area contributed by atoms with E-state index in [1.807, 2.05) is 0 Å². The minimum absolute atomic E-state index is 0.534. The monoisotopic (exact) mass is 252 g/mol. The molecule has 1 aromatic heterocycles. The molecule has 17 heavy (non-hydrogen) atoms. The molecular weight excluding hydrogens is 236 g/mol. The number of piperidine rings is 1. The van der Waals surface area contributed by atoms with Crippen molar-refractivity contribution in [3.63, 3.8) is 0 Å². The number of carboxylic acids is 1. The summed E-state index contributed by atoms with van der Waals surface area (Å²) in [4.78, 5) is 18.0. The minimum Gasteiger partial charge on any atom is -0.478 e. The molecule has 0 radical (unpaired) electrons. The molecule has 0 bridgehead atoms. The number of thiazole rings is 1. The van der Waals surface area contributed by atoms with Gasteiger partial charge in [-0.15, -0.1) is 0 Å². The number of aromatic nitrogens is 1. The third kappa shape index (κ3) is 3.06. The maximum atomic E-state index is 10.4. The van der Waals surface area contributed by atoms with E-state index in [9.17, 15) is 4.79 Å². The lowest BCUT2D eigenvalue weighted by Crippen LogP contribution is -2.37. The third-order valence-corrected chi connectivity index (χ3v) is 3.95. The fourth-order valence-electron chi connectivity index (χ4n) is 2.02. The number of aliphatic carboxylic acids is 1. The molecule has 2 heterocycles. The first kappa shape index (κ1) is 12.1. The van der Waals surface area contributed by atoms with Gasteiger partial charge in [0.05, 0.1) is 0 Å². The summed E-state index contributed by atoms with van der Waals surface area (Å²) in [5.41, 5.74) is 0. The highest BCUT2D eigenvalue weighted by Crippen LogP contribution is 2.29. The Morgan fingerprint density at radius 1 is 1.65 bits per heavy atom. The molecule has 1 atom stereocenters. The van der Waals surface area contributed by atoms with E-state index in [4.69, 9.17) is 5.11 Å². The highest BCUT2D eigenvalue weighted by atomic mass is 32.1. The average Bonchev–Trinajstić information content (AvgIpc) is 2.75. The summed E-state index contributed by atoms with van der Waals surface area (Å²) in [6.07, 6.45) is 8.19. The topological polar surface area (TPSA) is 53.4 Å². The van der Waals surface area contributed by atoms with Gasteiger partial charge < -0.3 is 10.0 Å². The average molecular weight is 252 g/mol. The van der Waals surface area contributed by atoms with Crippen LogP contribution < -0.4 is 4.90 Å². The second kappa shape index (κ2) is 5.31. The molecule has 1 N–H and O–H groups in total. The highest BCUT2D eigenvalue weighted by molar-refractivity contribution is 7.16. The summed E-state index contributed by atoms with van der Waals surface area (Å²) < 4.78 is 0. The molecule has 0 aromatic carbocycles. The van der Waals surface area contributed by atoms with Crippen LogP contribution in [0.15, 0.2) is 12.3 Å². The van der Waals surface area contributed by atoms with Gasteiger partial charge in [0, 0.05) is 29.7 Å². The van der Waals surface area contributed by atoms with Crippen molar-refractivity contribution >= 4 is 28.5 Å². The molecule has 1 aromatic rings. The number of rotatable bonds is 3. The normalized spacial score (nSPS) is 21.0. The molecule has 1 aliphatic heterocycles. The summed E-state index contributed by atoms with van der Waals surface area (Å²) in [6.45, 7) is 3.27. The standard InChI is InChI=1S/C12H16N2O2S/c1-9-4-2-3-7-14(9)12-13-8-10(17-12)5-6-11(15)16/h5-6,8-9H,2-4,7H2,1H3,(H,15,16)/b6-5+. The predicted molar refractivity (Wildman–Crippen MR) is 69.4 cm³/mol. The Morgan fingerprint density at radius 2 is 2.47 bits per heavy atom. The lowest BCUT2D eigenvalue weighted by molar-refractivity contribution is -0.131. The van der Waals surface area contributed by atoms with Gasteiger partial charge in [-0.25, -0.2) is 9.78 Å². The molecule has 1 unspecified atom stereocenters. The SMILES string of the molecule is CC1CCCCN1c1ncc(/C=C/C(=O)O)s1. The number of hydrogen-bond acceptors (Lipinski definition) is 4. The third-order valence-electron chi connectivity index (χ3n) is 2.95. The van der Waals surface area contributed by atoms with E-state index < -0.39 is 5.97 Å². The van der Waals surface area contributed by atoms with Gasteiger partial charge in [0.1, 0.15) is 0 Å². The number of carbonyl (C=O) groups is 1. The maximum Gasteiger partial charge on any atom is 0.328 e. The van der Waals surface area contributed by atoms with E-state index in [1.54, 1.807) is 23.6 Å². The summed E-state index contributed by atoms with van der Waals surface area (Å²) in [5, 5.41) is 9.56. The van der Waals surface area contributed by atoms with Gasteiger partial charge in [-0.2, -0.15) is 0 Å². The van der Waals surface area contributed by atoms with Crippen molar-refractivity contribution in [2.24, 2.45) is 0 Å². The van der Waals surface area contributed by atoms with Crippen molar-refractivity contribution < 1.29 is 9.90 Å². The molecule has 1 saturated heterocycles. The van der Waals surface area contributed by atoms with Crippen LogP contribution in [0.5, 0.6) is 0 Å². The van der Waals surface area contributed by atoms with Crippen LogP contribution in [-0.4, -0.2) is 28.6 Å². The molecule has 1 aliphatic rings. The Balaban J connectivity index is 2.09. The second-order valence-corrected chi connectivity index (χ2v) is 5.30. The van der Waals surface area contributed by atoms with Gasteiger partial charge in [0.25, 0.3) is 0 Å². The van der Waals surface area contributed by atoms with Crippen LogP contribution in [-0.2, 0) is 4.79 Å².